The van der Waals surface area contributed by atoms with E-state index in [1.54, 1.807) is 0 Å². The summed E-state index contributed by atoms with van der Waals surface area (Å²) < 4.78 is 16.1. The Kier molecular flexibility index (Phi) is 18.0. The fourth-order valence-electron chi connectivity index (χ4n) is 4.49. The van der Waals surface area contributed by atoms with Gasteiger partial charge in [-0.3, -0.25) is 0 Å². The van der Waals surface area contributed by atoms with E-state index in [1.807, 2.05) is 62.3 Å². The zero-order valence-electron chi connectivity index (χ0n) is 29.1. The molecule has 0 radical (unpaired) electrons. The molecule has 0 aromatic heterocycles. The van der Waals surface area contributed by atoms with E-state index >= 15 is 0 Å². The highest BCUT2D eigenvalue weighted by Gasteiger charge is 2.19. The van der Waals surface area contributed by atoms with Crippen molar-refractivity contribution in [2.45, 2.75) is 92.0 Å². The van der Waals surface area contributed by atoms with Gasteiger partial charge in [0, 0.05) is 65.4 Å². The second-order valence-corrected chi connectivity index (χ2v) is 14.3. The van der Waals surface area contributed by atoms with Crippen molar-refractivity contribution in [3.63, 3.8) is 0 Å². The smallest absolute Gasteiger partial charge is 0.407 e. The van der Waals surface area contributed by atoms with Crippen LogP contribution < -0.4 is 21.3 Å². The minimum atomic E-state index is -0.542. The molecule has 0 atom stereocenters. The van der Waals surface area contributed by atoms with Crippen LogP contribution in [0.4, 0.5) is 14.4 Å². The lowest BCUT2D eigenvalue weighted by Crippen LogP contribution is -2.45. The Hall–Kier alpha value is -2.35. The third kappa shape index (κ3) is 23.1. The number of ether oxygens (including phenoxy) is 3. The van der Waals surface area contributed by atoms with Crippen molar-refractivity contribution in [2.24, 2.45) is 0 Å². The van der Waals surface area contributed by atoms with Crippen molar-refractivity contribution in [1.29, 1.82) is 0 Å². The van der Waals surface area contributed by atoms with E-state index in [-0.39, 0.29) is 0 Å². The van der Waals surface area contributed by atoms with Crippen molar-refractivity contribution < 1.29 is 28.6 Å². The molecule has 1 rings (SSSR count). The van der Waals surface area contributed by atoms with Gasteiger partial charge in [0.15, 0.2) is 0 Å². The number of carbonyl (C=O) groups excluding carboxylic acids is 3. The summed E-state index contributed by atoms with van der Waals surface area (Å²) in [6, 6.07) is 0. The van der Waals surface area contributed by atoms with Gasteiger partial charge in [-0.2, -0.15) is 0 Å². The van der Waals surface area contributed by atoms with Gasteiger partial charge in [0.1, 0.15) is 16.8 Å². The summed E-state index contributed by atoms with van der Waals surface area (Å²) in [4.78, 5) is 43.5. The summed E-state index contributed by atoms with van der Waals surface area (Å²) >= 11 is 0. The van der Waals surface area contributed by atoms with Gasteiger partial charge < -0.3 is 50.2 Å². The lowest BCUT2D eigenvalue weighted by atomic mass is 10.2. The molecule has 13 nitrogen and oxygen atoms in total. The molecule has 0 unspecified atom stereocenters. The summed E-state index contributed by atoms with van der Waals surface area (Å²) in [6.45, 7) is 27.3. The second kappa shape index (κ2) is 19.9. The van der Waals surface area contributed by atoms with E-state index in [4.69, 9.17) is 14.2 Å². The number of alkyl carbamates (subject to hydrolysis) is 3. The van der Waals surface area contributed by atoms with Crippen LogP contribution in [0.3, 0.4) is 0 Å². The molecule has 13 heteroatoms. The van der Waals surface area contributed by atoms with E-state index in [2.05, 4.69) is 36.0 Å². The molecular formula is C31H63N7O6. The Morgan fingerprint density at radius 2 is 0.864 bits per heavy atom. The minimum absolute atomic E-state index is 0.396. The topological polar surface area (TPSA) is 137 Å². The standard InChI is InChI=1S/C31H63N7O6/c1-29(2,3)42-26(39)33-14-21-36-18-11-19-38(23-16-35-28(41)44-31(7,8)9)25-24-37(17-10-12-32-13-20-36)22-15-34-27(40)43-30(4,5)6/h32H,10-25H2,1-9H3,(H,33,39)(H,34,40)(H,35,41). The predicted octanol–water partition coefficient (Wildman–Crippen LogP) is 2.85. The van der Waals surface area contributed by atoms with Crippen molar-refractivity contribution in [3.05, 3.63) is 0 Å². The first-order valence-electron chi connectivity index (χ1n) is 16.2. The highest BCUT2D eigenvalue weighted by molar-refractivity contribution is 5.68. The molecule has 0 aromatic rings. The molecule has 1 heterocycles. The van der Waals surface area contributed by atoms with E-state index < -0.39 is 35.1 Å². The quantitative estimate of drug-likeness (QED) is 0.282. The van der Waals surface area contributed by atoms with Crippen molar-refractivity contribution in [2.75, 3.05) is 91.6 Å². The summed E-state index contributed by atoms with van der Waals surface area (Å²) in [5, 5.41) is 12.2. The monoisotopic (exact) mass is 629 g/mol. The second-order valence-electron chi connectivity index (χ2n) is 14.3. The molecule has 0 aliphatic carbocycles. The van der Waals surface area contributed by atoms with Crippen LogP contribution in [0.5, 0.6) is 0 Å². The van der Waals surface area contributed by atoms with Crippen LogP contribution in [0.1, 0.15) is 75.2 Å². The Bertz CT molecular complexity index is 839. The number of carbonyl (C=O) groups is 3. The van der Waals surface area contributed by atoms with E-state index in [9.17, 15) is 14.4 Å². The Morgan fingerprint density at radius 1 is 0.523 bits per heavy atom. The Labute approximate surface area is 266 Å². The molecule has 0 bridgehead atoms. The highest BCUT2D eigenvalue weighted by atomic mass is 16.6. The highest BCUT2D eigenvalue weighted by Crippen LogP contribution is 2.08. The van der Waals surface area contributed by atoms with Gasteiger partial charge in [-0.05, 0) is 101 Å². The number of hydrogen-bond acceptors (Lipinski definition) is 10. The molecule has 0 saturated carbocycles. The fraction of sp³-hybridized carbons (Fsp3) is 0.903. The molecule has 258 valence electrons. The molecule has 1 fully saturated rings. The zero-order chi connectivity index (χ0) is 33.2. The van der Waals surface area contributed by atoms with Crippen molar-refractivity contribution >= 4 is 18.3 Å². The number of nitrogens with one attached hydrogen (secondary N) is 4. The predicted molar refractivity (Wildman–Crippen MR) is 174 cm³/mol. The molecular weight excluding hydrogens is 566 g/mol. The molecule has 1 aliphatic heterocycles. The van der Waals surface area contributed by atoms with Gasteiger partial charge >= 0.3 is 18.3 Å². The minimum Gasteiger partial charge on any atom is -0.444 e. The SMILES string of the molecule is CC(C)(C)OC(=O)NCCN1CCCN(CCNC(=O)OC(C)(C)C)CCN(CCNC(=O)OC(C)(C)C)CCCNCC1. The van der Waals surface area contributed by atoms with Crippen LogP contribution in [-0.2, 0) is 14.2 Å². The molecule has 4 N–H and O–H groups in total. The number of hydrogen-bond donors (Lipinski definition) is 4. The van der Waals surface area contributed by atoms with Crippen LogP contribution in [0.25, 0.3) is 0 Å². The van der Waals surface area contributed by atoms with E-state index in [1.165, 1.54) is 0 Å². The van der Waals surface area contributed by atoms with Crippen LogP contribution in [0, 0.1) is 0 Å². The lowest BCUT2D eigenvalue weighted by Gasteiger charge is -2.30. The molecule has 1 aliphatic rings. The van der Waals surface area contributed by atoms with Crippen molar-refractivity contribution in [1.82, 2.24) is 36.0 Å². The van der Waals surface area contributed by atoms with Gasteiger partial charge in [-0.15, -0.1) is 0 Å². The maximum atomic E-state index is 12.2. The summed E-state index contributed by atoms with van der Waals surface area (Å²) in [5.74, 6) is 0. The average Bonchev–Trinajstić information content (AvgIpc) is 2.84. The summed E-state index contributed by atoms with van der Waals surface area (Å²) in [7, 11) is 0. The van der Waals surface area contributed by atoms with Crippen LogP contribution in [-0.4, -0.2) is 141 Å². The first-order valence-corrected chi connectivity index (χ1v) is 16.2. The van der Waals surface area contributed by atoms with Crippen molar-refractivity contribution in [3.8, 4) is 0 Å². The normalized spacial score (nSPS) is 17.7. The first-order chi connectivity index (χ1) is 20.4. The molecule has 3 amide bonds. The van der Waals surface area contributed by atoms with Gasteiger partial charge in [-0.25, -0.2) is 14.4 Å². The number of rotatable bonds is 9. The van der Waals surface area contributed by atoms with Gasteiger partial charge in [0.05, 0.1) is 0 Å². The third-order valence-corrected chi connectivity index (χ3v) is 6.40. The summed E-state index contributed by atoms with van der Waals surface area (Å²) in [6.07, 6.45) is 0.714. The largest absolute Gasteiger partial charge is 0.444 e. The van der Waals surface area contributed by atoms with Crippen LogP contribution in [0.2, 0.25) is 0 Å². The van der Waals surface area contributed by atoms with Crippen LogP contribution in [0.15, 0.2) is 0 Å². The van der Waals surface area contributed by atoms with Gasteiger partial charge in [0.2, 0.25) is 0 Å². The maximum Gasteiger partial charge on any atom is 0.407 e. The molecule has 1 saturated heterocycles. The van der Waals surface area contributed by atoms with E-state index in [0.29, 0.717) is 26.2 Å². The maximum absolute atomic E-state index is 12.2. The zero-order valence-corrected chi connectivity index (χ0v) is 29.1. The third-order valence-electron chi connectivity index (χ3n) is 6.40. The van der Waals surface area contributed by atoms with Crippen LogP contribution >= 0.6 is 0 Å². The Balaban J connectivity index is 2.75. The van der Waals surface area contributed by atoms with Gasteiger partial charge in [0.25, 0.3) is 0 Å². The van der Waals surface area contributed by atoms with Gasteiger partial charge in [-0.1, -0.05) is 0 Å². The Morgan fingerprint density at radius 3 is 1.23 bits per heavy atom. The average molecular weight is 630 g/mol. The summed E-state index contributed by atoms with van der Waals surface area (Å²) in [5.41, 5.74) is -1.59. The van der Waals surface area contributed by atoms with E-state index in [0.717, 1.165) is 78.3 Å². The fourth-order valence-corrected chi connectivity index (χ4v) is 4.49. The number of amides is 3. The first kappa shape index (κ1) is 39.7. The lowest BCUT2D eigenvalue weighted by molar-refractivity contribution is 0.0505. The number of nitrogens with zero attached hydrogens (tertiary/aromatic N) is 3. The molecule has 44 heavy (non-hydrogen) atoms. The molecule has 0 aromatic carbocycles. The molecule has 0 spiro atoms.